The average Bonchev–Trinajstić information content (AvgIpc) is 2.05. The fourth-order valence-corrected chi connectivity index (χ4v) is 0.954. The smallest absolute Gasteiger partial charge is 0.126 e. The maximum atomic E-state index is 13.0. The molecule has 3 nitrogen and oxygen atoms in total. The second-order valence-corrected chi connectivity index (χ2v) is 2.40. The third-order valence-corrected chi connectivity index (χ3v) is 1.58. The minimum Gasteiger partial charge on any atom is -0.207 e. The Labute approximate surface area is 69.5 Å². The van der Waals surface area contributed by atoms with Crippen LogP contribution in [0.3, 0.4) is 0 Å². The number of azide groups is 1. The molecule has 0 aliphatic rings. The lowest BCUT2D eigenvalue weighted by molar-refractivity contribution is 0.593. The van der Waals surface area contributed by atoms with Gasteiger partial charge in [-0.15, -0.1) is 0 Å². The van der Waals surface area contributed by atoms with Gasteiger partial charge in [0.05, 0.1) is 6.04 Å². The molecule has 1 atom stereocenters. The van der Waals surface area contributed by atoms with Gasteiger partial charge in [-0.25, -0.2) is 4.39 Å². The van der Waals surface area contributed by atoms with Gasteiger partial charge in [0.1, 0.15) is 5.82 Å². The fourth-order valence-electron chi connectivity index (χ4n) is 0.954. The van der Waals surface area contributed by atoms with Crippen LogP contribution in [-0.4, -0.2) is 0 Å². The van der Waals surface area contributed by atoms with Gasteiger partial charge in [0, 0.05) is 4.91 Å². The van der Waals surface area contributed by atoms with Crippen molar-refractivity contribution in [3.05, 3.63) is 46.1 Å². The standard InChI is InChI=1S/C8H8FN3/c1-6(11-12-10)7-4-2-3-5-8(7)9/h2-6H,1H3/t6-/m1/s1. The van der Waals surface area contributed by atoms with Crippen LogP contribution >= 0.6 is 0 Å². The highest BCUT2D eigenvalue weighted by Gasteiger charge is 2.06. The van der Waals surface area contributed by atoms with Crippen LogP contribution in [-0.2, 0) is 0 Å². The second-order valence-electron chi connectivity index (χ2n) is 2.40. The molecule has 1 rings (SSSR count). The number of hydrogen-bond donors (Lipinski definition) is 0. The number of halogens is 1. The molecule has 0 aliphatic heterocycles. The molecule has 0 aromatic heterocycles. The maximum absolute atomic E-state index is 13.0. The van der Waals surface area contributed by atoms with Crippen LogP contribution in [0.5, 0.6) is 0 Å². The van der Waals surface area contributed by atoms with E-state index in [2.05, 4.69) is 10.0 Å². The normalized spacial score (nSPS) is 11.8. The Balaban J connectivity index is 3.02. The van der Waals surface area contributed by atoms with Crippen molar-refractivity contribution in [3.63, 3.8) is 0 Å². The summed E-state index contributed by atoms with van der Waals surface area (Å²) in [4.78, 5) is 2.61. The summed E-state index contributed by atoms with van der Waals surface area (Å²) in [5, 5.41) is 3.40. The molecule has 12 heavy (non-hydrogen) atoms. The molecule has 62 valence electrons. The monoisotopic (exact) mass is 165 g/mol. The van der Waals surface area contributed by atoms with Gasteiger partial charge in [-0.3, -0.25) is 0 Å². The molecule has 4 heteroatoms. The number of benzene rings is 1. The van der Waals surface area contributed by atoms with E-state index in [0.29, 0.717) is 5.56 Å². The van der Waals surface area contributed by atoms with Crippen LogP contribution in [0, 0.1) is 5.82 Å². The van der Waals surface area contributed by atoms with E-state index >= 15 is 0 Å². The van der Waals surface area contributed by atoms with E-state index in [1.807, 2.05) is 0 Å². The van der Waals surface area contributed by atoms with Crippen molar-refractivity contribution < 1.29 is 4.39 Å². The highest BCUT2D eigenvalue weighted by molar-refractivity contribution is 5.20. The predicted molar refractivity (Wildman–Crippen MR) is 44.0 cm³/mol. The molecule has 0 bridgehead atoms. The SMILES string of the molecule is C[C@@H](N=[N+]=[N-])c1ccccc1F. The Morgan fingerprint density at radius 1 is 1.50 bits per heavy atom. The third kappa shape index (κ3) is 1.74. The Bertz CT molecular complexity index is 318. The van der Waals surface area contributed by atoms with Gasteiger partial charge in [0.25, 0.3) is 0 Å². The zero-order valence-electron chi connectivity index (χ0n) is 6.61. The van der Waals surface area contributed by atoms with Crippen molar-refractivity contribution in [3.8, 4) is 0 Å². The quantitative estimate of drug-likeness (QED) is 0.367. The first-order valence-electron chi connectivity index (χ1n) is 3.54. The zero-order chi connectivity index (χ0) is 8.97. The van der Waals surface area contributed by atoms with Crippen molar-refractivity contribution >= 4 is 0 Å². The molecule has 0 radical (unpaired) electrons. The highest BCUT2D eigenvalue weighted by atomic mass is 19.1. The summed E-state index contributed by atoms with van der Waals surface area (Å²) >= 11 is 0. The van der Waals surface area contributed by atoms with Crippen LogP contribution in [0.15, 0.2) is 29.4 Å². The van der Waals surface area contributed by atoms with E-state index < -0.39 is 6.04 Å². The number of rotatable bonds is 2. The zero-order valence-corrected chi connectivity index (χ0v) is 6.61. The molecule has 0 aliphatic carbocycles. The molecular formula is C8H8FN3. The summed E-state index contributed by atoms with van der Waals surface area (Å²) in [5.74, 6) is -0.336. The molecule has 0 heterocycles. The molecule has 0 amide bonds. The first-order chi connectivity index (χ1) is 5.75. The van der Waals surface area contributed by atoms with Crippen molar-refractivity contribution in [2.75, 3.05) is 0 Å². The van der Waals surface area contributed by atoms with Crippen LogP contribution in [0.1, 0.15) is 18.5 Å². The van der Waals surface area contributed by atoms with E-state index in [9.17, 15) is 4.39 Å². The van der Waals surface area contributed by atoms with Gasteiger partial charge in [0.2, 0.25) is 0 Å². The van der Waals surface area contributed by atoms with Gasteiger partial charge < -0.3 is 0 Å². The second kappa shape index (κ2) is 3.74. The minimum absolute atomic E-state index is 0.336. The summed E-state index contributed by atoms with van der Waals surface area (Å²) in [6.07, 6.45) is 0. The first kappa shape index (κ1) is 8.56. The summed E-state index contributed by atoms with van der Waals surface area (Å²) in [6, 6.07) is 5.81. The van der Waals surface area contributed by atoms with Crippen molar-refractivity contribution in [1.82, 2.24) is 0 Å². The van der Waals surface area contributed by atoms with Crippen LogP contribution in [0.4, 0.5) is 4.39 Å². The molecular weight excluding hydrogens is 157 g/mol. The molecule has 0 saturated carbocycles. The topological polar surface area (TPSA) is 48.8 Å². The summed E-state index contributed by atoms with van der Waals surface area (Å²) in [7, 11) is 0. The van der Waals surface area contributed by atoms with Crippen LogP contribution < -0.4 is 0 Å². The van der Waals surface area contributed by atoms with E-state index in [1.165, 1.54) is 6.07 Å². The molecule has 0 N–H and O–H groups in total. The number of hydrogen-bond acceptors (Lipinski definition) is 1. The predicted octanol–water partition coefficient (Wildman–Crippen LogP) is 3.20. The molecule has 0 saturated heterocycles. The molecule has 1 aromatic rings. The lowest BCUT2D eigenvalue weighted by Crippen LogP contribution is -1.91. The van der Waals surface area contributed by atoms with E-state index in [1.54, 1.807) is 25.1 Å². The van der Waals surface area contributed by atoms with Gasteiger partial charge >= 0.3 is 0 Å². The average molecular weight is 165 g/mol. The summed E-state index contributed by atoms with van der Waals surface area (Å²) in [6.45, 7) is 1.65. The highest BCUT2D eigenvalue weighted by Crippen LogP contribution is 2.19. The van der Waals surface area contributed by atoms with E-state index in [0.717, 1.165) is 0 Å². The van der Waals surface area contributed by atoms with E-state index in [-0.39, 0.29) is 5.82 Å². The molecule has 0 unspecified atom stereocenters. The Morgan fingerprint density at radius 2 is 2.17 bits per heavy atom. The Kier molecular flexibility index (Phi) is 2.66. The lowest BCUT2D eigenvalue weighted by atomic mass is 10.1. The van der Waals surface area contributed by atoms with Crippen LogP contribution in [0.25, 0.3) is 10.4 Å². The Morgan fingerprint density at radius 3 is 2.75 bits per heavy atom. The lowest BCUT2D eigenvalue weighted by Gasteiger charge is -2.04. The van der Waals surface area contributed by atoms with Crippen LogP contribution in [0.2, 0.25) is 0 Å². The van der Waals surface area contributed by atoms with Crippen molar-refractivity contribution in [2.24, 2.45) is 5.11 Å². The van der Waals surface area contributed by atoms with Gasteiger partial charge in [-0.05, 0) is 17.2 Å². The van der Waals surface area contributed by atoms with Crippen molar-refractivity contribution in [1.29, 1.82) is 0 Å². The molecule has 0 spiro atoms. The largest absolute Gasteiger partial charge is 0.207 e. The third-order valence-electron chi connectivity index (χ3n) is 1.58. The molecule has 1 aromatic carbocycles. The first-order valence-corrected chi connectivity index (χ1v) is 3.54. The number of nitrogens with zero attached hydrogens (tertiary/aromatic N) is 3. The summed E-state index contributed by atoms with van der Waals surface area (Å²) < 4.78 is 13.0. The molecule has 0 fully saturated rings. The minimum atomic E-state index is -0.448. The summed E-state index contributed by atoms with van der Waals surface area (Å²) in [5.41, 5.74) is 8.55. The Hall–Kier alpha value is -1.54. The van der Waals surface area contributed by atoms with Gasteiger partial charge in [0.15, 0.2) is 0 Å². The van der Waals surface area contributed by atoms with Gasteiger partial charge in [-0.1, -0.05) is 30.2 Å². The van der Waals surface area contributed by atoms with E-state index in [4.69, 9.17) is 5.53 Å². The maximum Gasteiger partial charge on any atom is 0.126 e. The van der Waals surface area contributed by atoms with Gasteiger partial charge in [-0.2, -0.15) is 0 Å². The fraction of sp³-hybridized carbons (Fsp3) is 0.250. The van der Waals surface area contributed by atoms with Crippen molar-refractivity contribution in [2.45, 2.75) is 13.0 Å².